The third-order valence-electron chi connectivity index (χ3n) is 12.2. The van der Waals surface area contributed by atoms with Crippen LogP contribution in [0.3, 0.4) is 0 Å². The highest BCUT2D eigenvalue weighted by molar-refractivity contribution is 5.85. The molecule has 2 saturated carbocycles. The van der Waals surface area contributed by atoms with Gasteiger partial charge in [-0.2, -0.15) is 0 Å². The average molecular weight is 855 g/mol. The average Bonchev–Trinajstić information content (AvgIpc) is 3.19. The summed E-state index contributed by atoms with van der Waals surface area (Å²) in [7, 11) is 0. The van der Waals surface area contributed by atoms with Crippen LogP contribution in [0.5, 0.6) is 0 Å². The predicted octanol–water partition coefficient (Wildman–Crippen LogP) is 11.2. The molecule has 10 heteroatoms. The van der Waals surface area contributed by atoms with Gasteiger partial charge in [0.1, 0.15) is 29.4 Å². The molecule has 0 amide bonds. The summed E-state index contributed by atoms with van der Waals surface area (Å²) < 4.78 is 16.5. The molecule has 9 nitrogen and oxygen atoms in total. The molecule has 2 fully saturated rings. The summed E-state index contributed by atoms with van der Waals surface area (Å²) in [5.41, 5.74) is 6.60. The number of nitrogens with two attached hydrogens (primary N) is 1. The van der Waals surface area contributed by atoms with Gasteiger partial charge in [-0.25, -0.2) is 0 Å². The van der Waals surface area contributed by atoms with E-state index < -0.39 is 35.7 Å². The smallest absolute Gasteiger partial charge is 0.320 e. The number of ketones is 2. The molecule has 60 heavy (non-hydrogen) atoms. The number of carbonyl (C=O) groups excluding carboxylic acids is 5. The van der Waals surface area contributed by atoms with Crippen LogP contribution in [0.15, 0.2) is 60.7 Å². The number of hydrogen-bond acceptors (Lipinski definition) is 9. The molecule has 2 aromatic carbocycles. The van der Waals surface area contributed by atoms with Crippen LogP contribution in [0.4, 0.5) is 0 Å². The molecule has 2 aromatic rings. The minimum atomic E-state index is -0.585. The van der Waals surface area contributed by atoms with Crippen molar-refractivity contribution in [3.05, 3.63) is 71.8 Å². The monoisotopic (exact) mass is 854 g/mol. The second-order valence-electron chi connectivity index (χ2n) is 18.9. The number of esters is 3. The molecule has 4 rings (SSSR count). The molecule has 2 aliphatic rings. The van der Waals surface area contributed by atoms with Crippen molar-refractivity contribution in [3.63, 3.8) is 0 Å². The fourth-order valence-electron chi connectivity index (χ4n) is 9.01. The van der Waals surface area contributed by atoms with Crippen molar-refractivity contribution in [1.82, 2.24) is 0 Å². The molecule has 0 saturated heterocycles. The van der Waals surface area contributed by atoms with Gasteiger partial charge in [-0.1, -0.05) is 115 Å². The Labute approximate surface area is 367 Å². The molecule has 8 atom stereocenters. The van der Waals surface area contributed by atoms with Crippen LogP contribution < -0.4 is 5.73 Å². The first-order valence-corrected chi connectivity index (χ1v) is 22.3. The van der Waals surface area contributed by atoms with Crippen molar-refractivity contribution in [2.24, 2.45) is 53.1 Å². The summed E-state index contributed by atoms with van der Waals surface area (Å²) in [6, 6.07) is 19.1. The first-order valence-electron chi connectivity index (χ1n) is 22.3. The predicted molar refractivity (Wildman–Crippen MR) is 240 cm³/mol. The van der Waals surface area contributed by atoms with E-state index in [4.69, 9.17) is 19.9 Å². The lowest BCUT2D eigenvalue weighted by Crippen LogP contribution is -2.33. The van der Waals surface area contributed by atoms with Crippen LogP contribution in [0, 0.1) is 47.3 Å². The molecule has 336 valence electrons. The van der Waals surface area contributed by atoms with Crippen molar-refractivity contribution in [2.75, 3.05) is 6.54 Å². The number of hydrogen-bond donors (Lipinski definition) is 1. The van der Waals surface area contributed by atoms with Gasteiger partial charge in [-0.05, 0) is 106 Å². The van der Waals surface area contributed by atoms with Crippen LogP contribution in [0.1, 0.15) is 163 Å². The quantitative estimate of drug-likeness (QED) is 0.115. The normalized spacial score (nSPS) is 22.6. The van der Waals surface area contributed by atoms with Crippen LogP contribution in [-0.2, 0) is 38.2 Å². The Hall–Kier alpha value is -3.56. The van der Waals surface area contributed by atoms with Crippen LogP contribution in [0.25, 0.3) is 0 Å². The van der Waals surface area contributed by atoms with Crippen LogP contribution >= 0.6 is 12.4 Å². The van der Waals surface area contributed by atoms with E-state index in [-0.39, 0.29) is 49.4 Å². The van der Waals surface area contributed by atoms with E-state index in [1.165, 1.54) is 12.8 Å². The second kappa shape index (κ2) is 26.0. The Morgan fingerprint density at radius 1 is 0.600 bits per heavy atom. The minimum absolute atomic E-state index is 0. The molecule has 2 aliphatic carbocycles. The highest BCUT2D eigenvalue weighted by Gasteiger charge is 2.37. The van der Waals surface area contributed by atoms with Crippen molar-refractivity contribution in [1.29, 1.82) is 0 Å². The number of Topliss-reactive ketones (excluding diaryl/α,β-unsaturated/α-hetero) is 2. The Morgan fingerprint density at radius 3 is 1.35 bits per heavy atom. The van der Waals surface area contributed by atoms with Gasteiger partial charge in [0.25, 0.3) is 0 Å². The molecule has 0 spiro atoms. The second-order valence-corrected chi connectivity index (χ2v) is 18.9. The Bertz CT molecular complexity index is 1610. The summed E-state index contributed by atoms with van der Waals surface area (Å²) in [5.74, 6) is 2.63. The van der Waals surface area contributed by atoms with Gasteiger partial charge in [-0.3, -0.25) is 24.0 Å². The molecule has 2 N–H and O–H groups in total. The molecule has 0 aliphatic heterocycles. The lowest BCUT2D eigenvalue weighted by Gasteiger charge is -2.36. The number of ether oxygens (including phenoxy) is 3. The van der Waals surface area contributed by atoms with E-state index in [0.717, 1.165) is 36.8 Å². The van der Waals surface area contributed by atoms with Crippen LogP contribution in [-0.4, -0.2) is 41.6 Å². The number of carbonyl (C=O) groups is 5. The molecular formula is C50H76ClNO8. The van der Waals surface area contributed by atoms with E-state index >= 15 is 0 Å². The van der Waals surface area contributed by atoms with Crippen molar-refractivity contribution in [2.45, 2.75) is 157 Å². The maximum atomic E-state index is 13.2. The fourth-order valence-corrected chi connectivity index (χ4v) is 9.01. The van der Waals surface area contributed by atoms with Gasteiger partial charge in [0.05, 0.1) is 19.4 Å². The van der Waals surface area contributed by atoms with Crippen LogP contribution in [0.2, 0.25) is 0 Å². The molecule has 0 heterocycles. The first-order chi connectivity index (χ1) is 27.9. The van der Waals surface area contributed by atoms with Crippen molar-refractivity contribution < 1.29 is 38.2 Å². The third-order valence-corrected chi connectivity index (χ3v) is 12.2. The zero-order valence-corrected chi connectivity index (χ0v) is 38.8. The van der Waals surface area contributed by atoms with Gasteiger partial charge < -0.3 is 19.9 Å². The molecule has 0 unspecified atom stereocenters. The van der Waals surface area contributed by atoms with E-state index in [1.54, 1.807) is 20.8 Å². The van der Waals surface area contributed by atoms with E-state index in [2.05, 4.69) is 41.5 Å². The highest BCUT2D eigenvalue weighted by atomic mass is 35.5. The summed E-state index contributed by atoms with van der Waals surface area (Å²) in [4.78, 5) is 62.4. The molecule has 0 bridgehead atoms. The van der Waals surface area contributed by atoms with Gasteiger partial charge >= 0.3 is 17.9 Å². The van der Waals surface area contributed by atoms with Gasteiger partial charge in [0.2, 0.25) is 0 Å². The lowest BCUT2D eigenvalue weighted by molar-refractivity contribution is -0.160. The van der Waals surface area contributed by atoms with Crippen molar-refractivity contribution in [3.8, 4) is 0 Å². The maximum Gasteiger partial charge on any atom is 0.320 e. The third kappa shape index (κ3) is 18.2. The Morgan fingerprint density at radius 2 is 0.983 bits per heavy atom. The van der Waals surface area contributed by atoms with Gasteiger partial charge in [0.15, 0.2) is 0 Å². The number of halogens is 1. The lowest BCUT2D eigenvalue weighted by atomic mass is 9.68. The SMILES string of the molecule is CC(C)[C@@H]1CC[C@@H](C)C[C@H]1C(=O)CC[C@@H](OC(=O)CCC(=O)OC(C)(C)C)c1ccccc1.CC(C)[C@@H]1CC[C@@H](C)C[C@H]1C(=O)CC[C@@H](OC(=O)CN)c1ccccc1.Cl. The zero-order chi connectivity index (χ0) is 43.7. The van der Waals surface area contributed by atoms with E-state index in [1.807, 2.05) is 60.7 Å². The first kappa shape index (κ1) is 52.6. The van der Waals surface area contributed by atoms with Gasteiger partial charge in [-0.15, -0.1) is 12.4 Å². The van der Waals surface area contributed by atoms with E-state index in [0.29, 0.717) is 67.0 Å². The molecule has 0 aromatic heterocycles. The highest BCUT2D eigenvalue weighted by Crippen LogP contribution is 2.41. The van der Waals surface area contributed by atoms with Gasteiger partial charge in [0, 0.05) is 24.7 Å². The fraction of sp³-hybridized carbons (Fsp3) is 0.660. The zero-order valence-electron chi connectivity index (χ0n) is 38.0. The summed E-state index contributed by atoms with van der Waals surface area (Å²) in [6.45, 7) is 18.6. The summed E-state index contributed by atoms with van der Waals surface area (Å²) in [6.07, 6.45) is 7.42. The van der Waals surface area contributed by atoms with E-state index in [9.17, 15) is 24.0 Å². The molecule has 0 radical (unpaired) electrons. The topological polar surface area (TPSA) is 139 Å². The largest absolute Gasteiger partial charge is 0.460 e. The standard InChI is InChI=1S/C28H42O5.C22H33NO3.ClH/c1-19(2)22-13-12-20(3)18-23(22)24(29)14-15-25(21-10-8-7-9-11-21)32-26(30)16-17-27(31)33-28(4,5)6;1-15(2)18-10-9-16(3)13-19(18)20(24)11-12-21(26-22(25)14-23)17-7-5-4-6-8-17;/h7-11,19-20,22-23,25H,12-18H2,1-6H3;4-8,15-16,18-19,21H,9-14,23H2,1-3H3;1H/t20-,22+,23-,25-;16-,18+,19-,21-;/m11./s1. The molecular weight excluding hydrogens is 778 g/mol. The maximum absolute atomic E-state index is 13.2. The Balaban J connectivity index is 0.000000418. The number of rotatable bonds is 18. The summed E-state index contributed by atoms with van der Waals surface area (Å²) in [5, 5.41) is 0. The summed E-state index contributed by atoms with van der Waals surface area (Å²) >= 11 is 0. The van der Waals surface area contributed by atoms with Crippen molar-refractivity contribution >= 4 is 41.9 Å². The minimum Gasteiger partial charge on any atom is -0.460 e. The number of benzene rings is 2. The Kier molecular flexibility index (Phi) is 22.8.